The number of methoxy groups -OCH3 is 1. The van der Waals surface area contributed by atoms with Crippen molar-refractivity contribution in [3.05, 3.63) is 29.8 Å². The number of hydrogen-bond donors (Lipinski definition) is 4. The first-order chi connectivity index (χ1) is 9.90. The number of nitrogens with two attached hydrogens (primary N) is 2. The molecule has 0 bridgehead atoms. The van der Waals surface area contributed by atoms with E-state index in [2.05, 4.69) is 0 Å². The Bertz CT molecular complexity index is 433. The van der Waals surface area contributed by atoms with Gasteiger partial charge in [-0.15, -0.1) is 0 Å². The van der Waals surface area contributed by atoms with Crippen LogP contribution in [0.5, 0.6) is 5.75 Å². The Hall–Kier alpha value is -2.12. The highest BCUT2D eigenvalue weighted by molar-refractivity contribution is 5.74. The molecule has 0 amide bonds. The minimum atomic E-state index is -1.17. The highest BCUT2D eigenvalue weighted by Gasteiger charge is 2.12. The van der Waals surface area contributed by atoms with Crippen molar-refractivity contribution < 1.29 is 24.5 Å². The molecule has 0 fully saturated rings. The van der Waals surface area contributed by atoms with E-state index in [-0.39, 0.29) is 12.8 Å². The number of hydrogen-bond acceptors (Lipinski definition) is 5. The SMILES string of the molecule is COc1ccc(CCN)cc1.N[C@@H](CCC(=O)O)C(=O)O. The van der Waals surface area contributed by atoms with E-state index in [9.17, 15) is 9.59 Å². The van der Waals surface area contributed by atoms with Gasteiger partial charge in [-0.1, -0.05) is 12.1 Å². The van der Waals surface area contributed by atoms with E-state index in [1.807, 2.05) is 24.3 Å². The summed E-state index contributed by atoms with van der Waals surface area (Å²) in [5, 5.41) is 16.3. The first-order valence-corrected chi connectivity index (χ1v) is 6.43. The molecule has 0 spiro atoms. The Morgan fingerprint density at radius 1 is 1.24 bits per heavy atom. The quantitative estimate of drug-likeness (QED) is 0.574. The Balaban J connectivity index is 0.000000384. The van der Waals surface area contributed by atoms with E-state index >= 15 is 0 Å². The monoisotopic (exact) mass is 298 g/mol. The zero-order valence-electron chi connectivity index (χ0n) is 12.0. The Kier molecular flexibility index (Phi) is 9.57. The lowest BCUT2D eigenvalue weighted by atomic mass is 10.1. The second-order valence-electron chi connectivity index (χ2n) is 4.26. The average molecular weight is 298 g/mol. The predicted molar refractivity (Wildman–Crippen MR) is 78.2 cm³/mol. The molecular formula is C14H22N2O5. The largest absolute Gasteiger partial charge is 0.497 e. The van der Waals surface area contributed by atoms with Crippen molar-refractivity contribution in [3.8, 4) is 5.75 Å². The number of carboxylic acid groups (broad SMARTS) is 2. The Morgan fingerprint density at radius 3 is 2.19 bits per heavy atom. The highest BCUT2D eigenvalue weighted by Crippen LogP contribution is 2.10. The lowest BCUT2D eigenvalue weighted by Gasteiger charge is -2.01. The van der Waals surface area contributed by atoms with Crippen LogP contribution in [-0.2, 0) is 16.0 Å². The summed E-state index contributed by atoms with van der Waals surface area (Å²) < 4.78 is 5.02. The summed E-state index contributed by atoms with van der Waals surface area (Å²) in [6.07, 6.45) is 0.710. The van der Waals surface area contributed by atoms with Gasteiger partial charge in [0.1, 0.15) is 11.8 Å². The Morgan fingerprint density at radius 2 is 1.81 bits per heavy atom. The zero-order chi connectivity index (χ0) is 16.3. The average Bonchev–Trinajstić information content (AvgIpc) is 2.46. The van der Waals surface area contributed by atoms with Gasteiger partial charge < -0.3 is 26.4 Å². The van der Waals surface area contributed by atoms with Crippen LogP contribution in [0.25, 0.3) is 0 Å². The second kappa shape index (κ2) is 10.6. The van der Waals surface area contributed by atoms with Crippen molar-refractivity contribution in [3.63, 3.8) is 0 Å². The van der Waals surface area contributed by atoms with Crippen molar-refractivity contribution in [2.45, 2.75) is 25.3 Å². The van der Waals surface area contributed by atoms with Crippen LogP contribution < -0.4 is 16.2 Å². The smallest absolute Gasteiger partial charge is 0.320 e. The molecule has 0 aliphatic rings. The van der Waals surface area contributed by atoms with Gasteiger partial charge in [-0.3, -0.25) is 9.59 Å². The van der Waals surface area contributed by atoms with Crippen LogP contribution >= 0.6 is 0 Å². The first-order valence-electron chi connectivity index (χ1n) is 6.43. The molecule has 0 aliphatic heterocycles. The van der Waals surface area contributed by atoms with E-state index in [1.54, 1.807) is 7.11 Å². The molecule has 1 rings (SSSR count). The predicted octanol–water partition coefficient (Wildman–Crippen LogP) is 0.460. The van der Waals surface area contributed by atoms with E-state index in [0.717, 1.165) is 12.2 Å². The molecular weight excluding hydrogens is 276 g/mol. The van der Waals surface area contributed by atoms with Gasteiger partial charge in [0.25, 0.3) is 0 Å². The fourth-order valence-corrected chi connectivity index (χ4v) is 1.36. The minimum absolute atomic E-state index is 0.0231. The molecule has 1 aromatic carbocycles. The van der Waals surface area contributed by atoms with E-state index < -0.39 is 18.0 Å². The fourth-order valence-electron chi connectivity index (χ4n) is 1.36. The van der Waals surface area contributed by atoms with Crippen molar-refractivity contribution in [1.82, 2.24) is 0 Å². The van der Waals surface area contributed by atoms with Gasteiger partial charge in [-0.25, -0.2) is 0 Å². The molecule has 0 saturated heterocycles. The number of ether oxygens (including phenoxy) is 1. The number of carbonyl (C=O) groups is 2. The van der Waals surface area contributed by atoms with Crippen LogP contribution in [0.4, 0.5) is 0 Å². The number of carboxylic acids is 2. The van der Waals surface area contributed by atoms with Crippen LogP contribution in [0, 0.1) is 0 Å². The third-order valence-electron chi connectivity index (χ3n) is 2.58. The van der Waals surface area contributed by atoms with Crippen molar-refractivity contribution in [2.24, 2.45) is 11.5 Å². The summed E-state index contributed by atoms with van der Waals surface area (Å²) in [5.41, 5.74) is 11.7. The standard InChI is InChI=1S/C9H13NO.C5H9NO4/c1-11-9-4-2-8(3-5-9)6-7-10;6-3(5(9)10)1-2-4(7)8/h2-5H,6-7,10H2,1H3;3H,1-2,6H2,(H,7,8)(H,9,10)/t;3-/m.0/s1. The summed E-state index contributed by atoms with van der Waals surface area (Å²) >= 11 is 0. The van der Waals surface area contributed by atoms with Crippen LogP contribution in [-0.4, -0.2) is 41.8 Å². The molecule has 7 nitrogen and oxygen atoms in total. The lowest BCUT2D eigenvalue weighted by Crippen LogP contribution is -2.30. The molecule has 7 heteroatoms. The van der Waals surface area contributed by atoms with Gasteiger partial charge in [-0.05, 0) is 37.1 Å². The lowest BCUT2D eigenvalue weighted by molar-refractivity contribution is -0.139. The van der Waals surface area contributed by atoms with Crippen molar-refractivity contribution in [1.29, 1.82) is 0 Å². The fraction of sp³-hybridized carbons (Fsp3) is 0.429. The van der Waals surface area contributed by atoms with Gasteiger partial charge in [0.05, 0.1) is 7.11 Å². The maximum atomic E-state index is 9.99. The molecule has 0 saturated carbocycles. The molecule has 0 aromatic heterocycles. The van der Waals surface area contributed by atoms with Crippen LogP contribution in [0.2, 0.25) is 0 Å². The molecule has 0 aliphatic carbocycles. The van der Waals surface area contributed by atoms with Gasteiger partial charge >= 0.3 is 11.9 Å². The van der Waals surface area contributed by atoms with E-state index in [4.69, 9.17) is 26.4 Å². The van der Waals surface area contributed by atoms with Gasteiger partial charge in [0.2, 0.25) is 0 Å². The third kappa shape index (κ3) is 9.42. The first kappa shape index (κ1) is 18.9. The van der Waals surface area contributed by atoms with E-state index in [0.29, 0.717) is 6.54 Å². The molecule has 118 valence electrons. The van der Waals surface area contributed by atoms with Crippen molar-refractivity contribution in [2.75, 3.05) is 13.7 Å². The third-order valence-corrected chi connectivity index (χ3v) is 2.58. The summed E-state index contributed by atoms with van der Waals surface area (Å²) in [6.45, 7) is 0.701. The topological polar surface area (TPSA) is 136 Å². The maximum absolute atomic E-state index is 9.99. The van der Waals surface area contributed by atoms with Crippen molar-refractivity contribution >= 4 is 11.9 Å². The van der Waals surface area contributed by atoms with Crippen LogP contribution in [0.15, 0.2) is 24.3 Å². The normalized spacial score (nSPS) is 11.0. The molecule has 0 radical (unpaired) electrons. The summed E-state index contributed by atoms with van der Waals surface area (Å²) in [7, 11) is 1.66. The van der Waals surface area contributed by atoms with E-state index in [1.165, 1.54) is 5.56 Å². The van der Waals surface area contributed by atoms with Gasteiger partial charge in [-0.2, -0.15) is 0 Å². The molecule has 1 aromatic rings. The summed E-state index contributed by atoms with van der Waals surface area (Å²) in [4.78, 5) is 19.9. The molecule has 0 unspecified atom stereocenters. The number of benzene rings is 1. The van der Waals surface area contributed by atoms with Crippen LogP contribution in [0.3, 0.4) is 0 Å². The molecule has 6 N–H and O–H groups in total. The zero-order valence-corrected chi connectivity index (χ0v) is 12.0. The molecule has 1 atom stereocenters. The van der Waals surface area contributed by atoms with Crippen LogP contribution in [0.1, 0.15) is 18.4 Å². The summed E-state index contributed by atoms with van der Waals surface area (Å²) in [6, 6.07) is 6.91. The van der Waals surface area contributed by atoms with Gasteiger partial charge in [0.15, 0.2) is 0 Å². The Labute approximate surface area is 123 Å². The minimum Gasteiger partial charge on any atom is -0.497 e. The maximum Gasteiger partial charge on any atom is 0.320 e. The number of rotatable bonds is 7. The van der Waals surface area contributed by atoms with Gasteiger partial charge in [0, 0.05) is 6.42 Å². The number of aliphatic carboxylic acids is 2. The molecule has 0 heterocycles. The highest BCUT2D eigenvalue weighted by atomic mass is 16.5. The second-order valence-corrected chi connectivity index (χ2v) is 4.26. The molecule has 21 heavy (non-hydrogen) atoms. The summed E-state index contributed by atoms with van der Waals surface area (Å²) in [5.74, 6) is -1.30.